The number of ether oxygens (including phenoxy) is 3. The fraction of sp³-hybridized carbons (Fsp3) is 0.611. The zero-order chi connectivity index (χ0) is 17.7. The molecule has 0 amide bonds. The van der Waals surface area contributed by atoms with Crippen LogP contribution in [0.3, 0.4) is 0 Å². The van der Waals surface area contributed by atoms with Crippen molar-refractivity contribution in [2.24, 2.45) is 10.7 Å². The molecule has 7 heteroatoms. The molecule has 0 atom stereocenters. The summed E-state index contributed by atoms with van der Waals surface area (Å²) in [5.74, 6) is 1.91. The average Bonchev–Trinajstić information content (AvgIpc) is 2.86. The summed E-state index contributed by atoms with van der Waals surface area (Å²) in [6.45, 7) is 9.74. The minimum Gasteiger partial charge on any atom is -0.490 e. The third-order valence-corrected chi connectivity index (χ3v) is 4.52. The zero-order valence-electron chi connectivity index (χ0n) is 15.1. The molecule has 7 nitrogen and oxygen atoms in total. The van der Waals surface area contributed by atoms with E-state index in [1.165, 1.54) is 0 Å². The van der Waals surface area contributed by atoms with Crippen LogP contribution in [0.5, 0.6) is 11.5 Å². The Morgan fingerprint density at radius 3 is 2.64 bits per heavy atom. The molecule has 2 aliphatic heterocycles. The summed E-state index contributed by atoms with van der Waals surface area (Å²) in [6, 6.07) is 5.72. The van der Waals surface area contributed by atoms with Gasteiger partial charge in [0.15, 0.2) is 17.5 Å². The van der Waals surface area contributed by atoms with Crippen molar-refractivity contribution in [3.63, 3.8) is 0 Å². The molecule has 1 saturated heterocycles. The van der Waals surface area contributed by atoms with E-state index in [0.717, 1.165) is 49.9 Å². The molecule has 1 aromatic rings. The number of guanidine groups is 1. The lowest BCUT2D eigenvalue weighted by atomic mass is 10.0. The number of hydrogen-bond acceptors (Lipinski definition) is 5. The monoisotopic (exact) mass is 348 g/mol. The van der Waals surface area contributed by atoms with Gasteiger partial charge in [0, 0.05) is 36.8 Å². The predicted molar refractivity (Wildman–Crippen MR) is 98.6 cm³/mol. The maximum Gasteiger partial charge on any atom is 0.193 e. The topological polar surface area (TPSA) is 81.3 Å². The van der Waals surface area contributed by atoms with Gasteiger partial charge in [0.25, 0.3) is 0 Å². The first kappa shape index (κ1) is 17.8. The van der Waals surface area contributed by atoms with Gasteiger partial charge in [0.2, 0.25) is 0 Å². The summed E-state index contributed by atoms with van der Waals surface area (Å²) in [6.07, 6.45) is 0.887. The lowest BCUT2D eigenvalue weighted by molar-refractivity contribution is -0.00680. The first-order valence-electron chi connectivity index (χ1n) is 8.84. The Balaban J connectivity index is 1.60. The number of hydrogen-bond donors (Lipinski definition) is 2. The van der Waals surface area contributed by atoms with E-state index in [-0.39, 0.29) is 5.54 Å². The van der Waals surface area contributed by atoms with Crippen LogP contribution in [0, 0.1) is 0 Å². The van der Waals surface area contributed by atoms with Crippen LogP contribution < -0.4 is 20.5 Å². The summed E-state index contributed by atoms with van der Waals surface area (Å²) in [5.41, 5.74) is 6.86. The molecule has 0 radical (unpaired) electrons. The van der Waals surface area contributed by atoms with Gasteiger partial charge in [-0.2, -0.15) is 0 Å². The first-order valence-corrected chi connectivity index (χ1v) is 8.84. The molecule has 138 valence electrons. The zero-order valence-corrected chi connectivity index (χ0v) is 15.1. The summed E-state index contributed by atoms with van der Waals surface area (Å²) in [7, 11) is 0. The lowest BCUT2D eigenvalue weighted by Gasteiger charge is -2.39. The Hall–Kier alpha value is -1.99. The SMILES string of the molecule is CC(C)(CN=C(N)Nc1ccc2c(c1)OCCCO2)N1CCOCC1. The molecule has 0 spiro atoms. The molecule has 0 aromatic heterocycles. The van der Waals surface area contributed by atoms with Crippen molar-refractivity contribution >= 4 is 11.6 Å². The second-order valence-electron chi connectivity index (χ2n) is 6.95. The van der Waals surface area contributed by atoms with Crippen LogP contribution in [0.2, 0.25) is 0 Å². The smallest absolute Gasteiger partial charge is 0.193 e. The Bertz CT molecular complexity index is 612. The highest BCUT2D eigenvalue weighted by Gasteiger charge is 2.27. The van der Waals surface area contributed by atoms with Gasteiger partial charge >= 0.3 is 0 Å². The van der Waals surface area contributed by atoms with Crippen molar-refractivity contribution in [3.05, 3.63) is 18.2 Å². The minimum absolute atomic E-state index is 0.0548. The molecule has 25 heavy (non-hydrogen) atoms. The Kier molecular flexibility index (Phi) is 5.65. The summed E-state index contributed by atoms with van der Waals surface area (Å²) in [5, 5.41) is 3.14. The van der Waals surface area contributed by atoms with Gasteiger partial charge in [-0.05, 0) is 26.0 Å². The van der Waals surface area contributed by atoms with Crippen molar-refractivity contribution in [2.75, 3.05) is 51.4 Å². The van der Waals surface area contributed by atoms with E-state index in [9.17, 15) is 0 Å². The third-order valence-electron chi connectivity index (χ3n) is 4.52. The molecular weight excluding hydrogens is 320 g/mol. The van der Waals surface area contributed by atoms with Crippen LogP contribution in [0.1, 0.15) is 20.3 Å². The summed E-state index contributed by atoms with van der Waals surface area (Å²) in [4.78, 5) is 6.92. The molecule has 3 N–H and O–H groups in total. The maximum absolute atomic E-state index is 6.07. The molecule has 3 rings (SSSR count). The van der Waals surface area contributed by atoms with Crippen molar-refractivity contribution < 1.29 is 14.2 Å². The number of nitrogens with zero attached hydrogens (tertiary/aromatic N) is 2. The lowest BCUT2D eigenvalue weighted by Crippen LogP contribution is -2.51. The van der Waals surface area contributed by atoms with E-state index in [0.29, 0.717) is 25.7 Å². The van der Waals surface area contributed by atoms with Gasteiger partial charge in [-0.25, -0.2) is 0 Å². The number of aliphatic imine (C=N–C) groups is 1. The highest BCUT2D eigenvalue weighted by Crippen LogP contribution is 2.32. The molecule has 0 bridgehead atoms. The number of benzene rings is 1. The molecule has 2 heterocycles. The third kappa shape index (κ3) is 4.76. The number of nitrogens with one attached hydrogen (secondary N) is 1. The van der Waals surface area contributed by atoms with Crippen molar-refractivity contribution in [3.8, 4) is 11.5 Å². The van der Waals surface area contributed by atoms with Gasteiger partial charge in [0.05, 0.1) is 33.0 Å². The van der Waals surface area contributed by atoms with Crippen LogP contribution in [0.4, 0.5) is 5.69 Å². The van der Waals surface area contributed by atoms with Gasteiger partial charge in [-0.3, -0.25) is 9.89 Å². The molecule has 0 saturated carbocycles. The normalized spacial score (nSPS) is 19.4. The summed E-state index contributed by atoms with van der Waals surface area (Å²) < 4.78 is 16.8. The first-order chi connectivity index (χ1) is 12.0. The van der Waals surface area contributed by atoms with Gasteiger partial charge < -0.3 is 25.3 Å². The van der Waals surface area contributed by atoms with Gasteiger partial charge in [-0.15, -0.1) is 0 Å². The number of nitrogens with two attached hydrogens (primary N) is 1. The van der Waals surface area contributed by atoms with E-state index in [1.807, 2.05) is 18.2 Å². The molecule has 0 aliphatic carbocycles. The quantitative estimate of drug-likeness (QED) is 0.636. The Morgan fingerprint density at radius 2 is 1.88 bits per heavy atom. The molecule has 1 aromatic carbocycles. The van der Waals surface area contributed by atoms with Crippen molar-refractivity contribution in [2.45, 2.75) is 25.8 Å². The van der Waals surface area contributed by atoms with Crippen LogP contribution in [-0.2, 0) is 4.74 Å². The van der Waals surface area contributed by atoms with Gasteiger partial charge in [-0.1, -0.05) is 0 Å². The fourth-order valence-corrected chi connectivity index (χ4v) is 2.98. The highest BCUT2D eigenvalue weighted by molar-refractivity contribution is 5.92. The molecule has 0 unspecified atom stereocenters. The predicted octanol–water partition coefficient (Wildman–Crippen LogP) is 1.69. The molecule has 1 fully saturated rings. The van der Waals surface area contributed by atoms with Crippen LogP contribution >= 0.6 is 0 Å². The van der Waals surface area contributed by atoms with Crippen LogP contribution in [0.15, 0.2) is 23.2 Å². The van der Waals surface area contributed by atoms with Crippen LogP contribution in [0.25, 0.3) is 0 Å². The Labute approximate surface area is 149 Å². The van der Waals surface area contributed by atoms with Gasteiger partial charge in [0.1, 0.15) is 0 Å². The second-order valence-corrected chi connectivity index (χ2v) is 6.95. The van der Waals surface area contributed by atoms with E-state index in [1.54, 1.807) is 0 Å². The number of fused-ring (bicyclic) bond motifs is 1. The maximum atomic E-state index is 6.07. The van der Waals surface area contributed by atoms with E-state index >= 15 is 0 Å². The van der Waals surface area contributed by atoms with Crippen molar-refractivity contribution in [1.29, 1.82) is 0 Å². The average molecular weight is 348 g/mol. The van der Waals surface area contributed by atoms with Crippen LogP contribution in [-0.4, -0.2) is 62.5 Å². The summed E-state index contributed by atoms with van der Waals surface area (Å²) >= 11 is 0. The minimum atomic E-state index is -0.0548. The molecule has 2 aliphatic rings. The number of morpholine rings is 1. The number of anilines is 1. The Morgan fingerprint density at radius 1 is 1.16 bits per heavy atom. The highest BCUT2D eigenvalue weighted by atomic mass is 16.5. The largest absolute Gasteiger partial charge is 0.490 e. The number of rotatable bonds is 4. The standard InChI is InChI=1S/C18H28N4O3/c1-18(2,22-6-10-23-11-7-22)13-20-17(19)21-14-4-5-15-16(12-14)25-9-3-8-24-15/h4-5,12H,3,6-11,13H2,1-2H3,(H3,19,20,21). The van der Waals surface area contributed by atoms with E-state index < -0.39 is 0 Å². The van der Waals surface area contributed by atoms with Crippen molar-refractivity contribution in [1.82, 2.24) is 4.90 Å². The van der Waals surface area contributed by atoms with E-state index in [4.69, 9.17) is 19.9 Å². The molecular formula is C18H28N4O3. The fourth-order valence-electron chi connectivity index (χ4n) is 2.98. The van der Waals surface area contributed by atoms with E-state index in [2.05, 4.69) is 29.1 Å². The second kappa shape index (κ2) is 7.93.